The molecule has 0 amide bonds. The first-order valence-electron chi connectivity index (χ1n) is 7.58. The van der Waals surface area contributed by atoms with Gasteiger partial charge in [0.25, 0.3) is 0 Å². The Balaban J connectivity index is 1.80. The minimum atomic E-state index is 0.160. The van der Waals surface area contributed by atoms with Crippen LogP contribution in [0.15, 0.2) is 42.5 Å². The zero-order valence-corrected chi connectivity index (χ0v) is 13.8. The summed E-state index contributed by atoms with van der Waals surface area (Å²) in [5, 5.41) is 0. The fourth-order valence-corrected chi connectivity index (χ4v) is 2.08. The van der Waals surface area contributed by atoms with Crippen molar-refractivity contribution in [2.75, 3.05) is 18.9 Å². The highest BCUT2D eigenvalue weighted by Crippen LogP contribution is 2.24. The average Bonchev–Trinajstić information content (AvgIpc) is 2.47. The van der Waals surface area contributed by atoms with Gasteiger partial charge < -0.3 is 15.2 Å². The Morgan fingerprint density at radius 1 is 0.864 bits per heavy atom. The molecule has 0 fully saturated rings. The van der Waals surface area contributed by atoms with Gasteiger partial charge in [-0.3, -0.25) is 0 Å². The molecule has 2 aromatic carbocycles. The van der Waals surface area contributed by atoms with Crippen molar-refractivity contribution in [1.29, 1.82) is 0 Å². The number of aryl methyl sites for hydroxylation is 1. The molecule has 118 valence electrons. The van der Waals surface area contributed by atoms with Gasteiger partial charge in [0, 0.05) is 11.8 Å². The van der Waals surface area contributed by atoms with Crippen LogP contribution in [-0.2, 0) is 5.41 Å². The smallest absolute Gasteiger partial charge is 0.122 e. The summed E-state index contributed by atoms with van der Waals surface area (Å²) in [6, 6.07) is 13.9. The van der Waals surface area contributed by atoms with Crippen LogP contribution in [0.5, 0.6) is 11.5 Å². The lowest BCUT2D eigenvalue weighted by atomic mass is 9.87. The molecule has 3 nitrogen and oxygen atoms in total. The van der Waals surface area contributed by atoms with E-state index in [4.69, 9.17) is 15.2 Å². The quantitative estimate of drug-likeness (QED) is 0.660. The third kappa shape index (κ3) is 4.42. The molecule has 0 aliphatic rings. The lowest BCUT2D eigenvalue weighted by Crippen LogP contribution is -2.11. The molecule has 0 bridgehead atoms. The number of benzene rings is 2. The Bertz CT molecular complexity index is 612. The molecule has 22 heavy (non-hydrogen) atoms. The predicted octanol–water partition coefficient (Wildman–Crippen LogP) is 4.33. The first-order valence-corrected chi connectivity index (χ1v) is 7.58. The van der Waals surface area contributed by atoms with Crippen LogP contribution in [0.1, 0.15) is 31.9 Å². The third-order valence-electron chi connectivity index (χ3n) is 3.59. The standard InChI is InChI=1S/C19H25NO2/c1-14-5-8-17(13-18(14)20)22-12-11-21-16-9-6-15(7-10-16)19(2,3)4/h5-10,13H,11-12,20H2,1-4H3. The molecule has 0 unspecified atom stereocenters. The zero-order valence-electron chi connectivity index (χ0n) is 13.8. The van der Waals surface area contributed by atoms with Crippen molar-refractivity contribution in [3.05, 3.63) is 53.6 Å². The second kappa shape index (κ2) is 6.73. The van der Waals surface area contributed by atoms with Crippen molar-refractivity contribution in [3.63, 3.8) is 0 Å². The number of ether oxygens (including phenoxy) is 2. The molecule has 0 spiro atoms. The van der Waals surface area contributed by atoms with E-state index in [2.05, 4.69) is 32.9 Å². The van der Waals surface area contributed by atoms with Crippen LogP contribution < -0.4 is 15.2 Å². The Hall–Kier alpha value is -2.16. The molecule has 0 aliphatic carbocycles. The van der Waals surface area contributed by atoms with E-state index in [0.29, 0.717) is 13.2 Å². The van der Waals surface area contributed by atoms with Crippen LogP contribution >= 0.6 is 0 Å². The topological polar surface area (TPSA) is 44.5 Å². The highest BCUT2D eigenvalue weighted by atomic mass is 16.5. The van der Waals surface area contributed by atoms with E-state index >= 15 is 0 Å². The Kier molecular flexibility index (Phi) is 4.96. The van der Waals surface area contributed by atoms with Crippen molar-refractivity contribution in [2.24, 2.45) is 0 Å². The van der Waals surface area contributed by atoms with Crippen molar-refractivity contribution in [1.82, 2.24) is 0 Å². The Labute approximate surface area is 133 Å². The first kappa shape index (κ1) is 16.2. The summed E-state index contributed by atoms with van der Waals surface area (Å²) in [4.78, 5) is 0. The third-order valence-corrected chi connectivity index (χ3v) is 3.59. The minimum absolute atomic E-state index is 0.160. The predicted molar refractivity (Wildman–Crippen MR) is 91.7 cm³/mol. The summed E-state index contributed by atoms with van der Waals surface area (Å²) >= 11 is 0. The zero-order chi connectivity index (χ0) is 16.2. The molecule has 0 saturated carbocycles. The van der Waals surface area contributed by atoms with E-state index in [1.165, 1.54) is 5.56 Å². The number of nitrogens with two attached hydrogens (primary N) is 1. The average molecular weight is 299 g/mol. The summed E-state index contributed by atoms with van der Waals surface area (Å²) in [7, 11) is 0. The molecule has 3 heteroatoms. The molecule has 0 radical (unpaired) electrons. The second-order valence-electron chi connectivity index (χ2n) is 6.49. The van der Waals surface area contributed by atoms with Crippen LogP contribution in [0, 0.1) is 6.92 Å². The van der Waals surface area contributed by atoms with Crippen LogP contribution in [0.3, 0.4) is 0 Å². The van der Waals surface area contributed by atoms with E-state index in [-0.39, 0.29) is 5.41 Å². The first-order chi connectivity index (χ1) is 10.4. The summed E-state index contributed by atoms with van der Waals surface area (Å²) in [5.41, 5.74) is 9.12. The normalized spacial score (nSPS) is 11.3. The molecular weight excluding hydrogens is 274 g/mol. The summed E-state index contributed by atoms with van der Waals surface area (Å²) in [5.74, 6) is 1.63. The Morgan fingerprint density at radius 2 is 1.41 bits per heavy atom. The Morgan fingerprint density at radius 3 is 1.95 bits per heavy atom. The number of anilines is 1. The van der Waals surface area contributed by atoms with E-state index in [0.717, 1.165) is 22.7 Å². The molecule has 0 heterocycles. The summed E-state index contributed by atoms with van der Waals surface area (Å²) in [6.45, 7) is 9.56. The van der Waals surface area contributed by atoms with Crippen LogP contribution in [0.4, 0.5) is 5.69 Å². The second-order valence-corrected chi connectivity index (χ2v) is 6.49. The van der Waals surface area contributed by atoms with Crippen molar-refractivity contribution in [2.45, 2.75) is 33.1 Å². The maximum atomic E-state index is 5.85. The van der Waals surface area contributed by atoms with Crippen LogP contribution in [-0.4, -0.2) is 13.2 Å². The van der Waals surface area contributed by atoms with E-state index in [1.54, 1.807) is 0 Å². The van der Waals surface area contributed by atoms with Gasteiger partial charge in [-0.05, 0) is 41.7 Å². The maximum absolute atomic E-state index is 5.85. The van der Waals surface area contributed by atoms with Crippen molar-refractivity contribution in [3.8, 4) is 11.5 Å². The molecule has 0 atom stereocenters. The molecule has 0 saturated heterocycles. The number of hydrogen-bond acceptors (Lipinski definition) is 3. The van der Waals surface area contributed by atoms with Gasteiger partial charge in [-0.25, -0.2) is 0 Å². The fourth-order valence-electron chi connectivity index (χ4n) is 2.08. The summed E-state index contributed by atoms with van der Waals surface area (Å²) in [6.07, 6.45) is 0. The van der Waals surface area contributed by atoms with Gasteiger partial charge in [-0.15, -0.1) is 0 Å². The van der Waals surface area contributed by atoms with Crippen molar-refractivity contribution < 1.29 is 9.47 Å². The maximum Gasteiger partial charge on any atom is 0.122 e. The SMILES string of the molecule is Cc1ccc(OCCOc2ccc(C(C)(C)C)cc2)cc1N. The van der Waals surface area contributed by atoms with E-state index in [9.17, 15) is 0 Å². The van der Waals surface area contributed by atoms with Gasteiger partial charge in [0.05, 0.1) is 0 Å². The molecule has 2 aromatic rings. The van der Waals surface area contributed by atoms with E-state index < -0.39 is 0 Å². The van der Waals surface area contributed by atoms with Crippen LogP contribution in [0.2, 0.25) is 0 Å². The molecule has 2 N–H and O–H groups in total. The lowest BCUT2D eigenvalue weighted by Gasteiger charge is -2.19. The lowest BCUT2D eigenvalue weighted by molar-refractivity contribution is 0.217. The minimum Gasteiger partial charge on any atom is -0.490 e. The molecule has 0 aliphatic heterocycles. The number of hydrogen-bond donors (Lipinski definition) is 1. The summed E-state index contributed by atoms with van der Waals surface area (Å²) < 4.78 is 11.3. The van der Waals surface area contributed by atoms with Crippen LogP contribution in [0.25, 0.3) is 0 Å². The molecule has 2 rings (SSSR count). The fraction of sp³-hybridized carbons (Fsp3) is 0.368. The molecular formula is C19H25NO2. The van der Waals surface area contributed by atoms with Crippen molar-refractivity contribution >= 4 is 5.69 Å². The highest BCUT2D eigenvalue weighted by molar-refractivity contribution is 5.50. The largest absolute Gasteiger partial charge is 0.490 e. The van der Waals surface area contributed by atoms with Gasteiger partial charge in [0.15, 0.2) is 0 Å². The van der Waals surface area contributed by atoms with Gasteiger partial charge >= 0.3 is 0 Å². The van der Waals surface area contributed by atoms with Gasteiger partial charge in [0.2, 0.25) is 0 Å². The van der Waals surface area contributed by atoms with Gasteiger partial charge in [-0.1, -0.05) is 39.0 Å². The van der Waals surface area contributed by atoms with E-state index in [1.807, 2.05) is 37.3 Å². The van der Waals surface area contributed by atoms with Gasteiger partial charge in [-0.2, -0.15) is 0 Å². The van der Waals surface area contributed by atoms with Gasteiger partial charge in [0.1, 0.15) is 24.7 Å². The monoisotopic (exact) mass is 299 g/mol. The number of nitrogen functional groups attached to an aromatic ring is 1. The molecule has 0 aromatic heterocycles. The highest BCUT2D eigenvalue weighted by Gasteiger charge is 2.12. The number of rotatable bonds is 5.